The standard InChI is InChI=1S/C7H10N2O2S2/c1-7(2,5(10)11)3-12-6-9-8-4-13-6/h4H,3H2,1-2H3,(H,10,11). The molecule has 0 spiro atoms. The zero-order valence-corrected chi connectivity index (χ0v) is 8.98. The minimum atomic E-state index is -0.787. The van der Waals surface area contributed by atoms with E-state index in [1.807, 2.05) is 0 Å². The Bertz CT molecular complexity index is 285. The minimum Gasteiger partial charge on any atom is -0.481 e. The van der Waals surface area contributed by atoms with Crippen LogP contribution < -0.4 is 0 Å². The lowest BCUT2D eigenvalue weighted by atomic mass is 9.97. The first-order chi connectivity index (χ1) is 6.02. The summed E-state index contributed by atoms with van der Waals surface area (Å²) in [5.74, 6) is -0.276. The number of hydrogen-bond donors (Lipinski definition) is 1. The van der Waals surface area contributed by atoms with Crippen molar-refractivity contribution in [2.75, 3.05) is 5.75 Å². The fourth-order valence-electron chi connectivity index (χ4n) is 0.530. The summed E-state index contributed by atoms with van der Waals surface area (Å²) in [5, 5.41) is 16.3. The molecule has 1 aromatic rings. The molecule has 0 bridgehead atoms. The van der Waals surface area contributed by atoms with Gasteiger partial charge in [-0.05, 0) is 13.8 Å². The van der Waals surface area contributed by atoms with Crippen molar-refractivity contribution in [3.05, 3.63) is 5.51 Å². The number of rotatable bonds is 4. The van der Waals surface area contributed by atoms with Crippen LogP contribution >= 0.6 is 23.1 Å². The van der Waals surface area contributed by atoms with Gasteiger partial charge in [-0.25, -0.2) is 0 Å². The third kappa shape index (κ3) is 2.96. The Labute approximate surface area is 84.4 Å². The van der Waals surface area contributed by atoms with Gasteiger partial charge in [0, 0.05) is 5.75 Å². The molecule has 72 valence electrons. The van der Waals surface area contributed by atoms with Crippen LogP contribution in [-0.2, 0) is 4.79 Å². The van der Waals surface area contributed by atoms with E-state index < -0.39 is 11.4 Å². The topological polar surface area (TPSA) is 63.1 Å². The van der Waals surface area contributed by atoms with Crippen LogP contribution in [0, 0.1) is 5.41 Å². The maximum atomic E-state index is 10.7. The SMILES string of the molecule is CC(C)(CSc1nncs1)C(=O)O. The second-order valence-corrected chi connectivity index (χ2v) is 5.24. The number of carboxylic acids is 1. The first-order valence-electron chi connectivity index (χ1n) is 3.65. The molecule has 1 N–H and O–H groups in total. The van der Waals surface area contributed by atoms with Gasteiger partial charge in [-0.2, -0.15) is 0 Å². The zero-order chi connectivity index (χ0) is 9.90. The maximum absolute atomic E-state index is 10.7. The van der Waals surface area contributed by atoms with E-state index in [2.05, 4.69) is 10.2 Å². The van der Waals surface area contributed by atoms with Crippen molar-refractivity contribution in [3.63, 3.8) is 0 Å². The summed E-state index contributed by atoms with van der Waals surface area (Å²) in [5.41, 5.74) is 0.923. The highest BCUT2D eigenvalue weighted by Gasteiger charge is 2.27. The van der Waals surface area contributed by atoms with Crippen molar-refractivity contribution >= 4 is 29.1 Å². The summed E-state index contributed by atoms with van der Waals surface area (Å²) in [4.78, 5) is 10.7. The van der Waals surface area contributed by atoms with E-state index in [0.717, 1.165) is 4.34 Å². The van der Waals surface area contributed by atoms with Gasteiger partial charge in [-0.1, -0.05) is 23.1 Å². The quantitative estimate of drug-likeness (QED) is 0.780. The molecule has 0 atom stereocenters. The number of carboxylic acid groups (broad SMARTS) is 1. The predicted octanol–water partition coefficient (Wildman–Crippen LogP) is 1.74. The second-order valence-electron chi connectivity index (χ2n) is 3.18. The molecule has 4 nitrogen and oxygen atoms in total. The smallest absolute Gasteiger partial charge is 0.309 e. The molecular weight excluding hydrogens is 208 g/mol. The summed E-state index contributed by atoms with van der Waals surface area (Å²) in [7, 11) is 0. The summed E-state index contributed by atoms with van der Waals surface area (Å²) < 4.78 is 0.814. The molecule has 0 aromatic carbocycles. The fraction of sp³-hybridized carbons (Fsp3) is 0.571. The first kappa shape index (κ1) is 10.5. The molecule has 0 saturated heterocycles. The molecule has 1 aromatic heterocycles. The van der Waals surface area contributed by atoms with E-state index in [-0.39, 0.29) is 0 Å². The number of hydrogen-bond acceptors (Lipinski definition) is 5. The number of aliphatic carboxylic acids is 1. The van der Waals surface area contributed by atoms with Gasteiger partial charge in [0.15, 0.2) is 4.34 Å². The molecule has 0 fully saturated rings. The molecule has 1 rings (SSSR count). The van der Waals surface area contributed by atoms with E-state index in [9.17, 15) is 4.79 Å². The van der Waals surface area contributed by atoms with E-state index >= 15 is 0 Å². The van der Waals surface area contributed by atoms with Gasteiger partial charge in [0.2, 0.25) is 0 Å². The van der Waals surface area contributed by atoms with Gasteiger partial charge in [0.05, 0.1) is 5.41 Å². The van der Waals surface area contributed by atoms with Crippen molar-refractivity contribution in [1.29, 1.82) is 0 Å². The zero-order valence-electron chi connectivity index (χ0n) is 7.35. The second kappa shape index (κ2) is 4.06. The Kier molecular flexibility index (Phi) is 3.27. The van der Waals surface area contributed by atoms with Crippen LogP contribution in [0.3, 0.4) is 0 Å². The highest BCUT2D eigenvalue weighted by atomic mass is 32.2. The maximum Gasteiger partial charge on any atom is 0.309 e. The molecule has 0 saturated carbocycles. The minimum absolute atomic E-state index is 0.511. The molecule has 0 aliphatic rings. The molecule has 6 heteroatoms. The van der Waals surface area contributed by atoms with E-state index in [1.165, 1.54) is 23.1 Å². The van der Waals surface area contributed by atoms with Crippen LogP contribution in [0.15, 0.2) is 9.85 Å². The van der Waals surface area contributed by atoms with Crippen molar-refractivity contribution in [2.24, 2.45) is 5.41 Å². The third-order valence-corrected chi connectivity index (χ3v) is 3.80. The Hall–Kier alpha value is -0.620. The van der Waals surface area contributed by atoms with Crippen LogP contribution in [0.5, 0.6) is 0 Å². The van der Waals surface area contributed by atoms with Crippen LogP contribution in [0.4, 0.5) is 0 Å². The Morgan fingerprint density at radius 3 is 2.92 bits per heavy atom. The summed E-state index contributed by atoms with van der Waals surface area (Å²) >= 11 is 2.85. The number of nitrogens with zero attached hydrogens (tertiary/aromatic N) is 2. The normalized spacial score (nSPS) is 11.5. The molecular formula is C7H10N2O2S2. The number of aromatic nitrogens is 2. The summed E-state index contributed by atoms with van der Waals surface area (Å²) in [6.07, 6.45) is 0. The van der Waals surface area contributed by atoms with Gasteiger partial charge in [-0.3, -0.25) is 4.79 Å². The highest BCUT2D eigenvalue weighted by molar-refractivity contribution is 8.01. The van der Waals surface area contributed by atoms with E-state index in [1.54, 1.807) is 19.4 Å². The van der Waals surface area contributed by atoms with Gasteiger partial charge < -0.3 is 5.11 Å². The average Bonchev–Trinajstić information content (AvgIpc) is 2.52. The largest absolute Gasteiger partial charge is 0.481 e. The molecule has 0 unspecified atom stereocenters. The number of thioether (sulfide) groups is 1. The van der Waals surface area contributed by atoms with Crippen molar-refractivity contribution in [2.45, 2.75) is 18.2 Å². The third-order valence-electron chi connectivity index (χ3n) is 1.48. The van der Waals surface area contributed by atoms with E-state index in [0.29, 0.717) is 5.75 Å². The van der Waals surface area contributed by atoms with E-state index in [4.69, 9.17) is 5.11 Å². The van der Waals surface area contributed by atoms with Gasteiger partial charge in [0.1, 0.15) is 5.51 Å². The van der Waals surface area contributed by atoms with Crippen molar-refractivity contribution in [3.8, 4) is 0 Å². The molecule has 13 heavy (non-hydrogen) atoms. The lowest BCUT2D eigenvalue weighted by Crippen LogP contribution is -2.26. The van der Waals surface area contributed by atoms with Crippen LogP contribution in [-0.4, -0.2) is 27.0 Å². The Morgan fingerprint density at radius 2 is 2.46 bits per heavy atom. The lowest BCUT2D eigenvalue weighted by molar-refractivity contribution is -0.145. The predicted molar refractivity (Wildman–Crippen MR) is 52.0 cm³/mol. The van der Waals surface area contributed by atoms with Gasteiger partial charge in [0.25, 0.3) is 0 Å². The molecule has 0 aliphatic heterocycles. The number of carbonyl (C=O) groups is 1. The van der Waals surface area contributed by atoms with Crippen molar-refractivity contribution in [1.82, 2.24) is 10.2 Å². The van der Waals surface area contributed by atoms with Crippen LogP contribution in [0.25, 0.3) is 0 Å². The summed E-state index contributed by atoms with van der Waals surface area (Å²) in [6, 6.07) is 0. The first-order valence-corrected chi connectivity index (χ1v) is 5.51. The van der Waals surface area contributed by atoms with Crippen LogP contribution in [0.1, 0.15) is 13.8 Å². The molecule has 0 aliphatic carbocycles. The Morgan fingerprint density at radius 1 is 1.77 bits per heavy atom. The van der Waals surface area contributed by atoms with Crippen molar-refractivity contribution < 1.29 is 9.90 Å². The molecule has 0 radical (unpaired) electrons. The highest BCUT2D eigenvalue weighted by Crippen LogP contribution is 2.28. The lowest BCUT2D eigenvalue weighted by Gasteiger charge is -2.16. The fourth-order valence-corrected chi connectivity index (χ4v) is 2.10. The monoisotopic (exact) mass is 218 g/mol. The summed E-state index contributed by atoms with van der Waals surface area (Å²) in [6.45, 7) is 3.40. The van der Waals surface area contributed by atoms with Crippen LogP contribution in [0.2, 0.25) is 0 Å². The molecule has 1 heterocycles. The van der Waals surface area contributed by atoms with Gasteiger partial charge in [-0.15, -0.1) is 10.2 Å². The molecule has 0 amide bonds. The Balaban J connectivity index is 2.47. The van der Waals surface area contributed by atoms with Gasteiger partial charge >= 0.3 is 5.97 Å². The average molecular weight is 218 g/mol.